The molecule has 0 aliphatic rings. The fourth-order valence-corrected chi connectivity index (χ4v) is 1.22. The number of nitro groups is 1. The molecule has 0 aliphatic heterocycles. The molecule has 0 saturated carbocycles. The zero-order valence-corrected chi connectivity index (χ0v) is 10.7. The molecule has 0 saturated heterocycles. The first-order chi connectivity index (χ1) is 8.34. The third-order valence-electron chi connectivity index (χ3n) is 2.67. The second kappa shape index (κ2) is 5.48. The van der Waals surface area contributed by atoms with E-state index in [1.807, 2.05) is 20.8 Å². The lowest BCUT2D eigenvalue weighted by Crippen LogP contribution is -2.45. The van der Waals surface area contributed by atoms with Crippen LogP contribution in [0.2, 0.25) is 0 Å². The number of benzene rings is 1. The minimum absolute atomic E-state index is 0.00477. The summed E-state index contributed by atoms with van der Waals surface area (Å²) in [5.41, 5.74) is 0.227. The zero-order chi connectivity index (χ0) is 13.8. The van der Waals surface area contributed by atoms with Crippen LogP contribution in [-0.2, 0) is 0 Å². The number of nitrogens with one attached hydrogen (secondary N) is 2. The summed E-state index contributed by atoms with van der Waals surface area (Å²) in [7, 11) is 0. The normalized spacial score (nSPS) is 10.8. The number of amides is 2. The van der Waals surface area contributed by atoms with Crippen molar-refractivity contribution in [1.82, 2.24) is 5.32 Å². The largest absolute Gasteiger partial charge is 0.333 e. The van der Waals surface area contributed by atoms with Crippen LogP contribution in [0.4, 0.5) is 16.2 Å². The van der Waals surface area contributed by atoms with Gasteiger partial charge in [0, 0.05) is 23.4 Å². The lowest BCUT2D eigenvalue weighted by Gasteiger charge is -2.24. The molecule has 0 spiro atoms. The van der Waals surface area contributed by atoms with Gasteiger partial charge in [-0.3, -0.25) is 10.1 Å². The Balaban J connectivity index is 2.63. The number of carbonyl (C=O) groups excluding carboxylic acids is 1. The molecule has 1 aromatic carbocycles. The molecular weight excluding hydrogens is 234 g/mol. The van der Waals surface area contributed by atoms with Crippen molar-refractivity contribution in [2.24, 2.45) is 0 Å². The first-order valence-corrected chi connectivity index (χ1v) is 5.67. The van der Waals surface area contributed by atoms with Crippen molar-refractivity contribution in [3.8, 4) is 0 Å². The van der Waals surface area contributed by atoms with Crippen molar-refractivity contribution in [1.29, 1.82) is 0 Å². The maximum Gasteiger partial charge on any atom is 0.319 e. The van der Waals surface area contributed by atoms with Crippen LogP contribution in [0.25, 0.3) is 0 Å². The highest BCUT2D eigenvalue weighted by atomic mass is 16.6. The van der Waals surface area contributed by atoms with Gasteiger partial charge >= 0.3 is 6.03 Å². The van der Waals surface area contributed by atoms with Crippen molar-refractivity contribution in [2.45, 2.75) is 32.7 Å². The van der Waals surface area contributed by atoms with Crippen molar-refractivity contribution >= 4 is 17.4 Å². The van der Waals surface area contributed by atoms with E-state index in [2.05, 4.69) is 10.6 Å². The molecule has 0 aliphatic carbocycles. The van der Waals surface area contributed by atoms with Crippen molar-refractivity contribution < 1.29 is 9.72 Å². The Morgan fingerprint density at radius 1 is 1.33 bits per heavy atom. The van der Waals surface area contributed by atoms with E-state index in [0.717, 1.165) is 6.42 Å². The van der Waals surface area contributed by atoms with Gasteiger partial charge in [0.15, 0.2) is 0 Å². The smallest absolute Gasteiger partial charge is 0.319 e. The highest BCUT2D eigenvalue weighted by molar-refractivity contribution is 5.89. The van der Waals surface area contributed by atoms with Crippen LogP contribution in [0, 0.1) is 10.1 Å². The number of hydrogen-bond acceptors (Lipinski definition) is 3. The SMILES string of the molecule is CCC(C)(C)NC(=O)Nc1ccc([N+](=O)[O-])cc1. The standard InChI is InChI=1S/C12H17N3O3/c1-4-12(2,3)14-11(16)13-9-5-7-10(8-6-9)15(17)18/h5-8H,4H2,1-3H3,(H2,13,14,16). The van der Waals surface area contributed by atoms with E-state index in [1.165, 1.54) is 24.3 Å². The van der Waals surface area contributed by atoms with Crippen LogP contribution >= 0.6 is 0 Å². The summed E-state index contributed by atoms with van der Waals surface area (Å²) >= 11 is 0. The zero-order valence-electron chi connectivity index (χ0n) is 10.7. The Morgan fingerprint density at radius 3 is 2.33 bits per heavy atom. The molecule has 1 aromatic rings. The topological polar surface area (TPSA) is 84.3 Å². The second-order valence-corrected chi connectivity index (χ2v) is 4.62. The van der Waals surface area contributed by atoms with Crippen LogP contribution in [-0.4, -0.2) is 16.5 Å². The van der Waals surface area contributed by atoms with E-state index >= 15 is 0 Å². The molecule has 0 atom stereocenters. The molecule has 98 valence electrons. The van der Waals surface area contributed by atoms with Gasteiger partial charge in [-0.1, -0.05) is 6.92 Å². The lowest BCUT2D eigenvalue weighted by molar-refractivity contribution is -0.384. The summed E-state index contributed by atoms with van der Waals surface area (Å²) in [6, 6.07) is 5.37. The van der Waals surface area contributed by atoms with Crippen molar-refractivity contribution in [2.75, 3.05) is 5.32 Å². The predicted octanol–water partition coefficient (Wildman–Crippen LogP) is 2.90. The van der Waals surface area contributed by atoms with E-state index in [4.69, 9.17) is 0 Å². The van der Waals surface area contributed by atoms with Crippen LogP contribution < -0.4 is 10.6 Å². The number of nitrogens with zero attached hydrogens (tertiary/aromatic N) is 1. The first-order valence-electron chi connectivity index (χ1n) is 5.67. The Hall–Kier alpha value is -2.11. The molecule has 0 radical (unpaired) electrons. The van der Waals surface area contributed by atoms with Crippen LogP contribution in [0.15, 0.2) is 24.3 Å². The van der Waals surface area contributed by atoms with Gasteiger partial charge in [-0.2, -0.15) is 0 Å². The molecule has 0 bridgehead atoms. The average molecular weight is 251 g/mol. The molecule has 6 nitrogen and oxygen atoms in total. The number of non-ortho nitro benzene ring substituents is 1. The predicted molar refractivity (Wildman–Crippen MR) is 69.6 cm³/mol. The van der Waals surface area contributed by atoms with Crippen molar-refractivity contribution in [3.63, 3.8) is 0 Å². The van der Waals surface area contributed by atoms with Gasteiger partial charge in [-0.15, -0.1) is 0 Å². The minimum atomic E-state index is -0.482. The lowest BCUT2D eigenvalue weighted by atomic mass is 10.0. The third-order valence-corrected chi connectivity index (χ3v) is 2.67. The molecule has 0 fully saturated rings. The summed E-state index contributed by atoms with van der Waals surface area (Å²) in [5.74, 6) is 0. The Kier molecular flexibility index (Phi) is 4.25. The summed E-state index contributed by atoms with van der Waals surface area (Å²) in [6.07, 6.45) is 0.806. The van der Waals surface area contributed by atoms with Gasteiger partial charge in [0.1, 0.15) is 0 Å². The van der Waals surface area contributed by atoms with Gasteiger partial charge in [-0.05, 0) is 32.4 Å². The second-order valence-electron chi connectivity index (χ2n) is 4.62. The van der Waals surface area contributed by atoms with E-state index in [9.17, 15) is 14.9 Å². The number of carbonyl (C=O) groups is 1. The van der Waals surface area contributed by atoms with Crippen LogP contribution in [0.1, 0.15) is 27.2 Å². The highest BCUT2D eigenvalue weighted by Gasteiger charge is 2.17. The molecule has 1 rings (SSSR count). The van der Waals surface area contributed by atoms with Crippen LogP contribution in [0.3, 0.4) is 0 Å². The van der Waals surface area contributed by atoms with Gasteiger partial charge in [0.2, 0.25) is 0 Å². The highest BCUT2D eigenvalue weighted by Crippen LogP contribution is 2.15. The molecule has 2 N–H and O–H groups in total. The molecule has 18 heavy (non-hydrogen) atoms. The maximum absolute atomic E-state index is 11.6. The summed E-state index contributed by atoms with van der Waals surface area (Å²) in [6.45, 7) is 5.82. The van der Waals surface area contributed by atoms with Gasteiger partial charge < -0.3 is 10.6 Å². The number of rotatable bonds is 4. The van der Waals surface area contributed by atoms with Crippen LogP contribution in [0.5, 0.6) is 0 Å². The first kappa shape index (κ1) is 14.0. The summed E-state index contributed by atoms with van der Waals surface area (Å²) in [5, 5.41) is 15.9. The van der Waals surface area contributed by atoms with E-state index in [-0.39, 0.29) is 17.3 Å². The van der Waals surface area contributed by atoms with Crippen molar-refractivity contribution in [3.05, 3.63) is 34.4 Å². The Morgan fingerprint density at radius 2 is 1.89 bits per heavy atom. The quantitative estimate of drug-likeness (QED) is 0.637. The van der Waals surface area contributed by atoms with E-state index in [0.29, 0.717) is 5.69 Å². The van der Waals surface area contributed by atoms with Gasteiger partial charge in [0.25, 0.3) is 5.69 Å². The fourth-order valence-electron chi connectivity index (χ4n) is 1.22. The third kappa shape index (κ3) is 4.04. The Bertz CT molecular complexity index is 440. The van der Waals surface area contributed by atoms with E-state index < -0.39 is 4.92 Å². The maximum atomic E-state index is 11.6. The fraction of sp³-hybridized carbons (Fsp3) is 0.417. The molecular formula is C12H17N3O3. The van der Waals surface area contributed by atoms with Gasteiger partial charge in [-0.25, -0.2) is 4.79 Å². The number of urea groups is 1. The molecule has 0 heterocycles. The van der Waals surface area contributed by atoms with Gasteiger partial charge in [0.05, 0.1) is 4.92 Å². The number of anilines is 1. The summed E-state index contributed by atoms with van der Waals surface area (Å²) < 4.78 is 0. The average Bonchev–Trinajstić information content (AvgIpc) is 2.29. The van der Waals surface area contributed by atoms with E-state index in [1.54, 1.807) is 0 Å². The molecule has 0 unspecified atom stereocenters. The molecule has 2 amide bonds. The molecule has 6 heteroatoms. The number of nitro benzene ring substituents is 1. The Labute approximate surface area is 106 Å². The number of hydrogen-bond donors (Lipinski definition) is 2. The summed E-state index contributed by atoms with van der Waals surface area (Å²) in [4.78, 5) is 21.6. The monoisotopic (exact) mass is 251 g/mol. The minimum Gasteiger partial charge on any atom is -0.333 e. The molecule has 0 aromatic heterocycles.